The Morgan fingerprint density at radius 2 is 1.78 bits per heavy atom. The Bertz CT molecular complexity index is 407. The minimum absolute atomic E-state index is 0.117. The zero-order valence-electron chi connectivity index (χ0n) is 11.8. The third-order valence-corrected chi connectivity index (χ3v) is 6.61. The highest BCUT2D eigenvalue weighted by Gasteiger charge is 2.57. The molecule has 2 rings (SSSR count). The van der Waals surface area contributed by atoms with E-state index >= 15 is 0 Å². The first kappa shape index (κ1) is 20.6. The molecule has 11 heteroatoms. The van der Waals surface area contributed by atoms with E-state index in [-0.39, 0.29) is 15.7 Å². The predicted octanol–water partition coefficient (Wildman–Crippen LogP) is -0.213. The number of rotatable bonds is 5. The van der Waals surface area contributed by atoms with Crippen molar-refractivity contribution >= 4 is 57.4 Å². The molecule has 0 aromatic carbocycles. The Labute approximate surface area is 161 Å². The number of halogens is 4. The molecule has 2 saturated heterocycles. The van der Waals surface area contributed by atoms with E-state index in [9.17, 15) is 20.4 Å². The molecule has 0 aliphatic carbocycles. The van der Waals surface area contributed by atoms with Crippen LogP contribution in [0.4, 0.5) is 0 Å². The second kappa shape index (κ2) is 8.34. The Morgan fingerprint density at radius 3 is 2.26 bits per heavy atom. The fourth-order valence-electron chi connectivity index (χ4n) is 2.53. The van der Waals surface area contributed by atoms with Crippen molar-refractivity contribution in [1.29, 1.82) is 0 Å². The molecule has 4 N–H and O–H groups in total. The van der Waals surface area contributed by atoms with Crippen LogP contribution in [0.3, 0.4) is 0 Å². The third kappa shape index (κ3) is 3.87. The van der Waals surface area contributed by atoms with E-state index in [4.69, 9.17) is 49.0 Å². The lowest BCUT2D eigenvalue weighted by molar-refractivity contribution is -0.357. The lowest BCUT2D eigenvalue weighted by Gasteiger charge is -2.43. The number of hydrogen-bond donors (Lipinski definition) is 4. The molecule has 2 fully saturated rings. The molecule has 2 heterocycles. The summed E-state index contributed by atoms with van der Waals surface area (Å²) < 4.78 is 16.2. The van der Waals surface area contributed by atoms with Crippen LogP contribution in [0.2, 0.25) is 0 Å². The summed E-state index contributed by atoms with van der Waals surface area (Å²) in [4.78, 5) is 0. The van der Waals surface area contributed by atoms with Gasteiger partial charge >= 0.3 is 0 Å². The normalized spacial score (nSPS) is 51.1. The summed E-state index contributed by atoms with van der Waals surface area (Å²) in [6.07, 6.45) is -6.87. The van der Waals surface area contributed by atoms with Gasteiger partial charge < -0.3 is 34.6 Å². The molecule has 0 amide bonds. The van der Waals surface area contributed by atoms with Crippen LogP contribution in [0, 0.1) is 0 Å². The van der Waals surface area contributed by atoms with E-state index in [1.165, 1.54) is 0 Å². The van der Waals surface area contributed by atoms with Crippen molar-refractivity contribution in [3.05, 3.63) is 0 Å². The van der Waals surface area contributed by atoms with Gasteiger partial charge in [-0.2, -0.15) is 0 Å². The highest BCUT2D eigenvalue weighted by atomic mass is 127. The van der Waals surface area contributed by atoms with Gasteiger partial charge in [0.15, 0.2) is 6.29 Å². The fourth-order valence-corrected chi connectivity index (χ4v) is 4.60. The Kier molecular flexibility index (Phi) is 7.48. The lowest BCUT2D eigenvalue weighted by Crippen LogP contribution is -2.61. The van der Waals surface area contributed by atoms with Gasteiger partial charge in [0.1, 0.15) is 24.4 Å². The van der Waals surface area contributed by atoms with Gasteiger partial charge in [0.25, 0.3) is 0 Å². The maximum atomic E-state index is 10.4. The summed E-state index contributed by atoms with van der Waals surface area (Å²) >= 11 is 19.6. The minimum Gasteiger partial charge on any atom is -0.394 e. The van der Waals surface area contributed by atoms with E-state index in [1.54, 1.807) is 0 Å². The van der Waals surface area contributed by atoms with Gasteiger partial charge in [0.2, 0.25) is 5.79 Å². The van der Waals surface area contributed by atoms with Gasteiger partial charge in [-0.15, -0.1) is 34.8 Å². The molecule has 2 aliphatic heterocycles. The number of hydrogen-bond acceptors (Lipinski definition) is 7. The van der Waals surface area contributed by atoms with Crippen molar-refractivity contribution in [2.75, 3.05) is 18.4 Å². The van der Waals surface area contributed by atoms with Gasteiger partial charge in [-0.25, -0.2) is 0 Å². The van der Waals surface area contributed by atoms with E-state index < -0.39 is 54.6 Å². The van der Waals surface area contributed by atoms with Crippen LogP contribution in [0.15, 0.2) is 0 Å². The van der Waals surface area contributed by atoms with Crippen molar-refractivity contribution < 1.29 is 34.6 Å². The molecular weight excluding hydrogens is 489 g/mol. The minimum atomic E-state index is -1.66. The van der Waals surface area contributed by atoms with Gasteiger partial charge in [0, 0.05) is 5.88 Å². The van der Waals surface area contributed by atoms with E-state index in [2.05, 4.69) is 0 Å². The third-order valence-electron chi connectivity index (χ3n) is 3.91. The zero-order chi connectivity index (χ0) is 17.4. The van der Waals surface area contributed by atoms with E-state index in [1.807, 2.05) is 22.6 Å². The zero-order valence-corrected chi connectivity index (χ0v) is 16.2. The topological polar surface area (TPSA) is 109 Å². The molecule has 0 spiro atoms. The standard InChI is InChI=1S/C12H18Cl3IO7/c13-1-4-7(16)10(20)12(3-14,22-4)23-11-9(19)8(18)6(15)5(2-17)21-11/h4-11,17-20H,1-3H2/t4-,5-,6+,7-,8+,9-,10+,11?,12?/m1/s1. The quantitative estimate of drug-likeness (QED) is 0.301. The van der Waals surface area contributed by atoms with Crippen LogP contribution in [0.25, 0.3) is 0 Å². The summed E-state index contributed by atoms with van der Waals surface area (Å²) in [6.45, 7) is -0.478. The molecule has 2 unspecified atom stereocenters. The maximum Gasteiger partial charge on any atom is 0.212 e. The van der Waals surface area contributed by atoms with Crippen molar-refractivity contribution in [3.8, 4) is 0 Å². The van der Waals surface area contributed by atoms with Gasteiger partial charge in [-0.1, -0.05) is 22.6 Å². The highest BCUT2D eigenvalue weighted by molar-refractivity contribution is 14.1. The highest BCUT2D eigenvalue weighted by Crippen LogP contribution is 2.40. The van der Waals surface area contributed by atoms with Gasteiger partial charge in [0.05, 0.1) is 27.9 Å². The lowest BCUT2D eigenvalue weighted by atomic mass is 10.0. The van der Waals surface area contributed by atoms with Crippen molar-refractivity contribution in [3.63, 3.8) is 0 Å². The molecule has 136 valence electrons. The van der Waals surface area contributed by atoms with Crippen molar-refractivity contribution in [1.82, 2.24) is 0 Å². The monoisotopic (exact) mass is 506 g/mol. The number of aliphatic hydroxyl groups is 4. The molecule has 7 nitrogen and oxygen atoms in total. The van der Waals surface area contributed by atoms with E-state index in [0.717, 1.165) is 0 Å². The molecule has 9 atom stereocenters. The fraction of sp³-hybridized carbons (Fsp3) is 1.00. The first-order chi connectivity index (χ1) is 10.8. The van der Waals surface area contributed by atoms with Crippen LogP contribution in [0.5, 0.6) is 0 Å². The van der Waals surface area contributed by atoms with Crippen LogP contribution in [-0.2, 0) is 14.2 Å². The van der Waals surface area contributed by atoms with Gasteiger partial charge in [-0.3, -0.25) is 0 Å². The summed E-state index contributed by atoms with van der Waals surface area (Å²) in [5.74, 6) is -1.79. The Hall–Kier alpha value is 1.32. The molecule has 0 aromatic heterocycles. The van der Waals surface area contributed by atoms with Crippen LogP contribution in [0.1, 0.15) is 0 Å². The van der Waals surface area contributed by atoms with Crippen LogP contribution >= 0.6 is 57.4 Å². The first-order valence-electron chi connectivity index (χ1n) is 6.87. The number of ether oxygens (including phenoxy) is 3. The number of aliphatic hydroxyl groups excluding tert-OH is 4. The Morgan fingerprint density at radius 1 is 1.13 bits per heavy atom. The summed E-state index contributed by atoms with van der Waals surface area (Å²) in [6, 6.07) is 0. The first-order valence-corrected chi connectivity index (χ1v) is 9.62. The van der Waals surface area contributed by atoms with E-state index in [0.29, 0.717) is 0 Å². The smallest absolute Gasteiger partial charge is 0.212 e. The van der Waals surface area contributed by atoms with Gasteiger partial charge in [-0.05, 0) is 0 Å². The summed E-state index contributed by atoms with van der Waals surface area (Å²) in [7, 11) is 0. The largest absolute Gasteiger partial charge is 0.394 e. The molecule has 0 radical (unpaired) electrons. The number of alkyl halides is 4. The molecule has 0 aromatic rings. The van der Waals surface area contributed by atoms with Crippen LogP contribution in [-0.4, -0.2) is 90.7 Å². The second-order valence-electron chi connectivity index (χ2n) is 5.41. The molecule has 0 saturated carbocycles. The average molecular weight is 508 g/mol. The van der Waals surface area contributed by atoms with Crippen molar-refractivity contribution in [2.24, 2.45) is 0 Å². The summed E-state index contributed by atoms with van der Waals surface area (Å²) in [5.41, 5.74) is 0. The second-order valence-corrected chi connectivity index (χ2v) is 7.93. The maximum absolute atomic E-state index is 10.4. The molecule has 23 heavy (non-hydrogen) atoms. The SMILES string of the molecule is OC[C@H]1OC(OC2(CCl)O[C@H](CCl)[C@@H](I)[C@@H]2O)[C@H](O)[C@@H](O)[C@H]1Cl. The molecular formula is C12H18Cl3IO7. The van der Waals surface area contributed by atoms with Crippen molar-refractivity contribution in [2.45, 2.75) is 51.9 Å². The average Bonchev–Trinajstić information content (AvgIpc) is 2.80. The van der Waals surface area contributed by atoms with Crippen LogP contribution < -0.4 is 0 Å². The Balaban J connectivity index is 2.18. The molecule has 2 aliphatic rings. The molecule has 0 bridgehead atoms. The predicted molar refractivity (Wildman–Crippen MR) is 91.3 cm³/mol. The summed E-state index contributed by atoms with van der Waals surface area (Å²) in [5, 5.41) is 38.7.